The van der Waals surface area contributed by atoms with E-state index in [1.807, 2.05) is 18.2 Å². The largest absolute Gasteiger partial charge is 0.340 e. The standard InChI is InChI=1S/C21H24ClN5O2S2/c1-14(2)12-30-19-9-8-17(31(28,29)23-3)10-18(19)27-21-11-20(24-13-25-21)26-16-6-4-15(22)5-7-16/h4-11,13-14,23H,12H2,1-3H3,(H2,24,25,26,27). The summed E-state index contributed by atoms with van der Waals surface area (Å²) >= 11 is 7.59. The van der Waals surface area contributed by atoms with E-state index in [-0.39, 0.29) is 4.90 Å². The molecule has 10 heteroatoms. The van der Waals surface area contributed by atoms with Gasteiger partial charge >= 0.3 is 0 Å². The number of thioether (sulfide) groups is 1. The summed E-state index contributed by atoms with van der Waals surface area (Å²) in [6.07, 6.45) is 1.44. The van der Waals surface area contributed by atoms with Gasteiger partial charge in [-0.05, 0) is 55.4 Å². The van der Waals surface area contributed by atoms with Crippen LogP contribution < -0.4 is 15.4 Å². The second-order valence-corrected chi connectivity index (χ2v) is 10.5. The molecule has 0 aliphatic rings. The molecule has 0 aliphatic heterocycles. The lowest BCUT2D eigenvalue weighted by atomic mass is 10.3. The van der Waals surface area contributed by atoms with E-state index in [1.165, 1.54) is 13.4 Å². The molecule has 3 N–H and O–H groups in total. The monoisotopic (exact) mass is 477 g/mol. The first kappa shape index (κ1) is 23.3. The topological polar surface area (TPSA) is 96.0 Å². The minimum atomic E-state index is -3.57. The molecule has 0 saturated carbocycles. The third kappa shape index (κ3) is 6.57. The van der Waals surface area contributed by atoms with Crippen LogP contribution in [0.4, 0.5) is 23.0 Å². The Balaban J connectivity index is 1.88. The number of sulfonamides is 1. The van der Waals surface area contributed by atoms with Gasteiger partial charge in [0.1, 0.15) is 18.0 Å². The van der Waals surface area contributed by atoms with E-state index >= 15 is 0 Å². The highest BCUT2D eigenvalue weighted by atomic mass is 35.5. The number of rotatable bonds is 9. The SMILES string of the molecule is CNS(=O)(=O)c1ccc(SCC(C)C)c(Nc2cc(Nc3ccc(Cl)cc3)ncn2)c1. The van der Waals surface area contributed by atoms with E-state index in [0.717, 1.165) is 16.3 Å². The molecule has 0 radical (unpaired) electrons. The van der Waals surface area contributed by atoms with E-state index in [2.05, 4.69) is 39.2 Å². The fraction of sp³-hybridized carbons (Fsp3) is 0.238. The summed E-state index contributed by atoms with van der Waals surface area (Å²) in [6, 6.07) is 14.1. The van der Waals surface area contributed by atoms with Crippen LogP contribution in [-0.2, 0) is 10.0 Å². The number of aromatic nitrogens is 2. The van der Waals surface area contributed by atoms with Gasteiger partial charge in [-0.1, -0.05) is 25.4 Å². The van der Waals surface area contributed by atoms with E-state index in [9.17, 15) is 8.42 Å². The number of hydrogen-bond acceptors (Lipinski definition) is 7. The molecule has 0 unspecified atom stereocenters. The molecule has 0 spiro atoms. The Kier molecular flexibility index (Phi) is 7.77. The highest BCUT2D eigenvalue weighted by Crippen LogP contribution is 2.33. The first-order valence-electron chi connectivity index (χ1n) is 9.59. The molecule has 0 aliphatic carbocycles. The molecule has 0 amide bonds. The van der Waals surface area contributed by atoms with Crippen molar-refractivity contribution in [2.24, 2.45) is 5.92 Å². The Morgan fingerprint density at radius 2 is 1.68 bits per heavy atom. The van der Waals surface area contributed by atoms with Crippen LogP contribution in [0.3, 0.4) is 0 Å². The Bertz CT molecular complexity index is 1140. The Hall–Kier alpha value is -2.33. The summed E-state index contributed by atoms with van der Waals surface area (Å²) in [5.74, 6) is 2.53. The molecule has 31 heavy (non-hydrogen) atoms. The molecular weight excluding hydrogens is 454 g/mol. The molecule has 0 bridgehead atoms. The van der Waals surface area contributed by atoms with Gasteiger partial charge in [-0.3, -0.25) is 0 Å². The number of benzene rings is 2. The number of nitrogens with zero attached hydrogens (tertiary/aromatic N) is 2. The lowest BCUT2D eigenvalue weighted by Crippen LogP contribution is -2.18. The maximum Gasteiger partial charge on any atom is 0.240 e. The van der Waals surface area contributed by atoms with Crippen molar-refractivity contribution in [3.63, 3.8) is 0 Å². The fourth-order valence-corrected chi connectivity index (χ4v) is 4.41. The fourth-order valence-electron chi connectivity index (χ4n) is 2.59. The van der Waals surface area contributed by atoms with Crippen molar-refractivity contribution in [3.05, 3.63) is 59.9 Å². The highest BCUT2D eigenvalue weighted by molar-refractivity contribution is 7.99. The summed E-state index contributed by atoms with van der Waals surface area (Å²) in [6.45, 7) is 4.28. The highest BCUT2D eigenvalue weighted by Gasteiger charge is 2.15. The van der Waals surface area contributed by atoms with Crippen molar-refractivity contribution in [1.82, 2.24) is 14.7 Å². The normalized spacial score (nSPS) is 11.5. The minimum Gasteiger partial charge on any atom is -0.340 e. The summed E-state index contributed by atoms with van der Waals surface area (Å²) in [4.78, 5) is 9.65. The quantitative estimate of drug-likeness (QED) is 0.361. The molecule has 2 aromatic carbocycles. The van der Waals surface area contributed by atoms with Gasteiger partial charge in [0.25, 0.3) is 0 Å². The zero-order chi connectivity index (χ0) is 22.4. The van der Waals surface area contributed by atoms with Crippen LogP contribution in [0.25, 0.3) is 0 Å². The van der Waals surface area contributed by atoms with Crippen LogP contribution in [0.15, 0.2) is 64.6 Å². The van der Waals surface area contributed by atoms with E-state index in [4.69, 9.17) is 11.6 Å². The van der Waals surface area contributed by atoms with Crippen molar-refractivity contribution in [3.8, 4) is 0 Å². The smallest absolute Gasteiger partial charge is 0.240 e. The van der Waals surface area contributed by atoms with Crippen LogP contribution in [0.5, 0.6) is 0 Å². The Morgan fingerprint density at radius 3 is 2.32 bits per heavy atom. The third-order valence-electron chi connectivity index (χ3n) is 4.15. The van der Waals surface area contributed by atoms with Gasteiger partial charge in [0, 0.05) is 27.4 Å². The predicted octanol–water partition coefficient (Wildman–Crippen LogP) is 5.27. The Morgan fingerprint density at radius 1 is 1.00 bits per heavy atom. The summed E-state index contributed by atoms with van der Waals surface area (Å²) < 4.78 is 26.9. The van der Waals surface area contributed by atoms with Gasteiger partial charge < -0.3 is 10.6 Å². The lowest BCUT2D eigenvalue weighted by Gasteiger charge is -2.15. The third-order valence-corrected chi connectivity index (χ3v) is 7.31. The maximum absolute atomic E-state index is 12.3. The zero-order valence-corrected chi connectivity index (χ0v) is 19.8. The average Bonchev–Trinajstić information content (AvgIpc) is 2.74. The molecule has 1 heterocycles. The van der Waals surface area contributed by atoms with Gasteiger partial charge in [0.15, 0.2) is 0 Å². The van der Waals surface area contributed by atoms with Crippen molar-refractivity contribution < 1.29 is 8.42 Å². The number of anilines is 4. The zero-order valence-electron chi connectivity index (χ0n) is 17.4. The average molecular weight is 478 g/mol. The maximum atomic E-state index is 12.3. The van der Waals surface area contributed by atoms with Crippen LogP contribution in [-0.4, -0.2) is 31.2 Å². The van der Waals surface area contributed by atoms with Crippen molar-refractivity contribution in [1.29, 1.82) is 0 Å². The first-order chi connectivity index (χ1) is 14.8. The van der Waals surface area contributed by atoms with Gasteiger partial charge in [-0.25, -0.2) is 23.1 Å². The Labute approximate surface area is 192 Å². The van der Waals surface area contributed by atoms with Gasteiger partial charge in [-0.2, -0.15) is 0 Å². The van der Waals surface area contributed by atoms with Crippen molar-refractivity contribution in [2.75, 3.05) is 23.4 Å². The van der Waals surface area contributed by atoms with E-state index < -0.39 is 10.0 Å². The number of halogens is 1. The summed E-state index contributed by atoms with van der Waals surface area (Å²) in [5, 5.41) is 7.09. The number of hydrogen-bond donors (Lipinski definition) is 3. The van der Waals surface area contributed by atoms with E-state index in [1.54, 1.807) is 42.1 Å². The molecule has 0 saturated heterocycles. The van der Waals surface area contributed by atoms with Crippen molar-refractivity contribution >= 4 is 56.4 Å². The van der Waals surface area contributed by atoms with Crippen molar-refractivity contribution in [2.45, 2.75) is 23.6 Å². The van der Waals surface area contributed by atoms with Crippen LogP contribution in [0, 0.1) is 5.92 Å². The molecule has 0 atom stereocenters. The second-order valence-electron chi connectivity index (χ2n) is 7.12. The van der Waals surface area contributed by atoms with Gasteiger partial charge in [-0.15, -0.1) is 11.8 Å². The number of nitrogens with one attached hydrogen (secondary N) is 3. The lowest BCUT2D eigenvalue weighted by molar-refractivity contribution is 0.588. The molecule has 3 aromatic rings. The van der Waals surface area contributed by atoms with Crippen LogP contribution >= 0.6 is 23.4 Å². The van der Waals surface area contributed by atoms with E-state index in [0.29, 0.717) is 28.3 Å². The summed E-state index contributed by atoms with van der Waals surface area (Å²) in [5.41, 5.74) is 1.50. The summed E-state index contributed by atoms with van der Waals surface area (Å²) in [7, 11) is -2.18. The minimum absolute atomic E-state index is 0.181. The molecule has 0 fully saturated rings. The first-order valence-corrected chi connectivity index (χ1v) is 12.4. The second kappa shape index (κ2) is 10.3. The van der Waals surface area contributed by atoms with Crippen LogP contribution in [0.1, 0.15) is 13.8 Å². The molecule has 7 nitrogen and oxygen atoms in total. The van der Waals surface area contributed by atoms with Gasteiger partial charge in [0.05, 0.1) is 10.6 Å². The molecule has 3 rings (SSSR count). The van der Waals surface area contributed by atoms with Gasteiger partial charge in [0.2, 0.25) is 10.0 Å². The molecule has 164 valence electrons. The molecule has 1 aromatic heterocycles. The predicted molar refractivity (Wildman–Crippen MR) is 128 cm³/mol. The molecular formula is C21H24ClN5O2S2. The van der Waals surface area contributed by atoms with Crippen LogP contribution in [0.2, 0.25) is 5.02 Å².